The molecule has 0 aliphatic heterocycles. The van der Waals surface area contributed by atoms with Crippen LogP contribution in [0.1, 0.15) is 5.56 Å². The second-order valence-electron chi connectivity index (χ2n) is 10.7. The van der Waals surface area contributed by atoms with Crippen LogP contribution in [0.2, 0.25) is 0 Å². The molecule has 0 spiro atoms. The Morgan fingerprint density at radius 3 is 1.88 bits per heavy atom. The smallest absolute Gasteiger partial charge is 0.228 e. The number of rotatable bonds is 4. The predicted molar refractivity (Wildman–Crippen MR) is 170 cm³/mol. The quantitative estimate of drug-likeness (QED) is 0.205. The van der Waals surface area contributed by atoms with Gasteiger partial charge in [0.15, 0.2) is 29.3 Å². The Balaban J connectivity index is 1.32. The Morgan fingerprint density at radius 2 is 1.19 bits per heavy atom. The SMILES string of the molecule is Cc1ccc2c(oc3nc(-c4nc(-c5ccccc5)nc(-c5ccccc5)n4)ccc32)c1-c1cc2ccccc2c[n+]1C. The van der Waals surface area contributed by atoms with Gasteiger partial charge in [0.05, 0.1) is 5.56 Å². The number of hydrogen-bond acceptors (Lipinski definition) is 5. The molecule has 0 atom stereocenters. The van der Waals surface area contributed by atoms with Gasteiger partial charge in [-0.25, -0.2) is 24.5 Å². The summed E-state index contributed by atoms with van der Waals surface area (Å²) in [5.41, 5.74) is 7.09. The molecule has 0 amide bonds. The van der Waals surface area contributed by atoms with Crippen molar-refractivity contribution in [3.05, 3.63) is 127 Å². The molecule has 8 rings (SSSR count). The van der Waals surface area contributed by atoms with Gasteiger partial charge in [-0.1, -0.05) is 91.0 Å². The lowest BCUT2D eigenvalue weighted by atomic mass is 9.99. The van der Waals surface area contributed by atoms with Crippen molar-refractivity contribution >= 4 is 32.8 Å². The monoisotopic (exact) mass is 556 g/mol. The molecule has 0 fully saturated rings. The van der Waals surface area contributed by atoms with Crippen molar-refractivity contribution in [3.63, 3.8) is 0 Å². The van der Waals surface area contributed by atoms with Gasteiger partial charge in [-0.05, 0) is 36.1 Å². The lowest BCUT2D eigenvalue weighted by Crippen LogP contribution is -2.30. The molecule has 0 unspecified atom stereocenters. The lowest BCUT2D eigenvalue weighted by molar-refractivity contribution is -0.659. The van der Waals surface area contributed by atoms with Gasteiger partial charge in [0, 0.05) is 33.4 Å². The van der Waals surface area contributed by atoms with Crippen molar-refractivity contribution < 1.29 is 8.98 Å². The highest BCUT2D eigenvalue weighted by Crippen LogP contribution is 2.37. The second kappa shape index (κ2) is 9.96. The van der Waals surface area contributed by atoms with Crippen LogP contribution in [0.15, 0.2) is 126 Å². The number of hydrogen-bond donors (Lipinski definition) is 0. The number of furan rings is 1. The summed E-state index contributed by atoms with van der Waals surface area (Å²) in [6, 6.07) is 38.8. The van der Waals surface area contributed by atoms with Crippen molar-refractivity contribution in [2.45, 2.75) is 6.92 Å². The van der Waals surface area contributed by atoms with E-state index in [4.69, 9.17) is 24.4 Å². The first-order chi connectivity index (χ1) is 21.1. The van der Waals surface area contributed by atoms with Crippen molar-refractivity contribution in [3.8, 4) is 45.6 Å². The molecule has 43 heavy (non-hydrogen) atoms. The van der Waals surface area contributed by atoms with E-state index in [9.17, 15) is 0 Å². The van der Waals surface area contributed by atoms with Crippen molar-refractivity contribution in [1.82, 2.24) is 19.9 Å². The van der Waals surface area contributed by atoms with Crippen LogP contribution >= 0.6 is 0 Å². The molecule has 6 heteroatoms. The molecular formula is C37H26N5O+. The Morgan fingerprint density at radius 1 is 0.581 bits per heavy atom. The topological polar surface area (TPSA) is 68.6 Å². The van der Waals surface area contributed by atoms with Crippen LogP contribution in [0, 0.1) is 6.92 Å². The van der Waals surface area contributed by atoms with Crippen molar-refractivity contribution in [1.29, 1.82) is 0 Å². The van der Waals surface area contributed by atoms with E-state index in [1.165, 1.54) is 10.8 Å². The van der Waals surface area contributed by atoms with Gasteiger partial charge in [-0.2, -0.15) is 0 Å². The minimum atomic E-state index is 0.493. The van der Waals surface area contributed by atoms with Gasteiger partial charge in [0.1, 0.15) is 12.7 Å². The average molecular weight is 557 g/mol. The van der Waals surface area contributed by atoms with Crippen LogP contribution in [0.3, 0.4) is 0 Å². The van der Waals surface area contributed by atoms with E-state index < -0.39 is 0 Å². The Hall–Kier alpha value is -5.75. The first kappa shape index (κ1) is 25.0. The van der Waals surface area contributed by atoms with Crippen LogP contribution in [0.4, 0.5) is 0 Å². The van der Waals surface area contributed by atoms with Crippen molar-refractivity contribution in [2.75, 3.05) is 0 Å². The zero-order valence-electron chi connectivity index (χ0n) is 23.7. The maximum Gasteiger partial charge on any atom is 0.228 e. The summed E-state index contributed by atoms with van der Waals surface area (Å²) >= 11 is 0. The van der Waals surface area contributed by atoms with Crippen LogP contribution < -0.4 is 4.57 Å². The fraction of sp³-hybridized carbons (Fsp3) is 0.0541. The zero-order valence-corrected chi connectivity index (χ0v) is 23.7. The van der Waals surface area contributed by atoms with Gasteiger partial charge < -0.3 is 4.42 Å². The summed E-state index contributed by atoms with van der Waals surface area (Å²) in [5, 5.41) is 4.34. The van der Waals surface area contributed by atoms with Crippen LogP contribution in [0.5, 0.6) is 0 Å². The normalized spacial score (nSPS) is 11.5. The Bertz CT molecular complexity index is 2250. The number of aryl methyl sites for hydroxylation is 2. The predicted octanol–water partition coefficient (Wildman–Crippen LogP) is 8.12. The molecule has 8 aromatic rings. The van der Waals surface area contributed by atoms with E-state index in [0.29, 0.717) is 28.9 Å². The molecule has 0 saturated heterocycles. The molecule has 0 aliphatic carbocycles. The number of fused-ring (bicyclic) bond motifs is 4. The maximum atomic E-state index is 6.58. The minimum Gasteiger partial charge on any atom is -0.437 e. The molecule has 4 heterocycles. The molecule has 4 aromatic heterocycles. The molecule has 0 N–H and O–H groups in total. The molecule has 0 radical (unpaired) electrons. The summed E-state index contributed by atoms with van der Waals surface area (Å²) in [4.78, 5) is 19.5. The highest BCUT2D eigenvalue weighted by Gasteiger charge is 2.22. The first-order valence-electron chi connectivity index (χ1n) is 14.2. The molecular weight excluding hydrogens is 530 g/mol. The molecule has 0 saturated carbocycles. The fourth-order valence-electron chi connectivity index (χ4n) is 5.72. The fourth-order valence-corrected chi connectivity index (χ4v) is 5.72. The third-order valence-electron chi connectivity index (χ3n) is 7.90. The van der Waals surface area contributed by atoms with E-state index in [1.54, 1.807) is 0 Å². The van der Waals surface area contributed by atoms with E-state index in [0.717, 1.165) is 44.3 Å². The maximum absolute atomic E-state index is 6.58. The third kappa shape index (κ3) is 4.32. The van der Waals surface area contributed by atoms with E-state index >= 15 is 0 Å². The van der Waals surface area contributed by atoms with Gasteiger partial charge in [0.2, 0.25) is 11.4 Å². The first-order valence-corrected chi connectivity index (χ1v) is 14.2. The van der Waals surface area contributed by atoms with Gasteiger partial charge >= 0.3 is 0 Å². The van der Waals surface area contributed by atoms with Gasteiger partial charge in [0.25, 0.3) is 0 Å². The van der Waals surface area contributed by atoms with Crippen molar-refractivity contribution in [2.24, 2.45) is 7.05 Å². The third-order valence-corrected chi connectivity index (χ3v) is 7.90. The summed E-state index contributed by atoms with van der Waals surface area (Å²) in [5.74, 6) is 1.68. The summed E-state index contributed by atoms with van der Waals surface area (Å²) in [6.07, 6.45) is 2.16. The second-order valence-corrected chi connectivity index (χ2v) is 10.7. The Labute approximate surface area is 248 Å². The largest absolute Gasteiger partial charge is 0.437 e. The van der Waals surface area contributed by atoms with Crippen LogP contribution in [-0.4, -0.2) is 19.9 Å². The van der Waals surface area contributed by atoms with E-state index in [2.05, 4.69) is 73.3 Å². The van der Waals surface area contributed by atoms with Gasteiger partial charge in [-0.3, -0.25) is 0 Å². The Kier molecular flexibility index (Phi) is 5.79. The zero-order chi connectivity index (χ0) is 28.9. The summed E-state index contributed by atoms with van der Waals surface area (Å²) < 4.78 is 8.75. The number of pyridine rings is 2. The minimum absolute atomic E-state index is 0.493. The lowest BCUT2D eigenvalue weighted by Gasteiger charge is -2.07. The standard InChI is InChI=1S/C37H26N5O/c1-23-17-18-28-29-19-20-30(36-40-34(24-11-5-3-6-12-24)39-35(41-36)25-13-7-4-8-14-25)38-37(29)43-33(28)32(23)31-21-26-15-9-10-16-27(26)22-42(31)2/h3-22H,1-2H3/q+1. The molecule has 6 nitrogen and oxygen atoms in total. The summed E-state index contributed by atoms with van der Waals surface area (Å²) in [6.45, 7) is 2.12. The summed E-state index contributed by atoms with van der Waals surface area (Å²) in [7, 11) is 2.08. The molecule has 0 aliphatic rings. The van der Waals surface area contributed by atoms with E-state index in [1.807, 2.05) is 66.7 Å². The van der Waals surface area contributed by atoms with Gasteiger partial charge in [-0.15, -0.1) is 0 Å². The highest BCUT2D eigenvalue weighted by atomic mass is 16.3. The van der Waals surface area contributed by atoms with E-state index in [-0.39, 0.29) is 0 Å². The molecule has 0 bridgehead atoms. The number of aromatic nitrogens is 5. The number of benzene rings is 4. The van der Waals surface area contributed by atoms with Crippen LogP contribution in [-0.2, 0) is 7.05 Å². The van der Waals surface area contributed by atoms with Crippen LogP contribution in [0.25, 0.3) is 78.4 Å². The molecule has 204 valence electrons. The number of nitrogens with zero attached hydrogens (tertiary/aromatic N) is 5. The highest BCUT2D eigenvalue weighted by molar-refractivity contribution is 6.09. The average Bonchev–Trinajstić information content (AvgIpc) is 3.43. The molecule has 4 aromatic carbocycles.